The van der Waals surface area contributed by atoms with E-state index in [4.69, 9.17) is 4.74 Å². The number of guanidine groups is 1. The molecule has 0 radical (unpaired) electrons. The molecule has 3 rings (SSSR count). The lowest BCUT2D eigenvalue weighted by Crippen LogP contribution is -2.38. The van der Waals surface area contributed by atoms with Crippen molar-refractivity contribution < 1.29 is 9.13 Å². The van der Waals surface area contributed by atoms with Gasteiger partial charge in [-0.2, -0.15) is 0 Å². The highest BCUT2D eigenvalue weighted by molar-refractivity contribution is 14.0. The third-order valence-corrected chi connectivity index (χ3v) is 5.19. The van der Waals surface area contributed by atoms with E-state index in [9.17, 15) is 4.39 Å². The van der Waals surface area contributed by atoms with Crippen molar-refractivity contribution in [3.63, 3.8) is 0 Å². The summed E-state index contributed by atoms with van der Waals surface area (Å²) in [4.78, 5) is 6.44. The largest absolute Gasteiger partial charge is 0.490 e. The molecule has 1 aliphatic rings. The molecule has 0 amide bonds. The predicted molar refractivity (Wildman–Crippen MR) is 136 cm³/mol. The van der Waals surface area contributed by atoms with E-state index in [2.05, 4.69) is 58.9 Å². The third kappa shape index (κ3) is 8.29. The van der Waals surface area contributed by atoms with Crippen molar-refractivity contribution in [2.45, 2.75) is 38.9 Å². The fourth-order valence-corrected chi connectivity index (χ4v) is 3.19. The van der Waals surface area contributed by atoms with Crippen LogP contribution in [0.15, 0.2) is 47.5 Å². The predicted octanol–water partition coefficient (Wildman–Crippen LogP) is 4.72. The van der Waals surface area contributed by atoms with Crippen LogP contribution >= 0.6 is 24.0 Å². The van der Waals surface area contributed by atoms with Crippen LogP contribution in [0.3, 0.4) is 0 Å². The summed E-state index contributed by atoms with van der Waals surface area (Å²) in [6.07, 6.45) is 2.38. The number of hydrogen-bond donors (Lipinski definition) is 2. The minimum absolute atomic E-state index is 0. The monoisotopic (exact) mass is 540 g/mol. The summed E-state index contributed by atoms with van der Waals surface area (Å²) in [5.74, 6) is 1.29. The summed E-state index contributed by atoms with van der Waals surface area (Å²) in [7, 11) is 5.86. The third-order valence-electron chi connectivity index (χ3n) is 5.19. The number of benzene rings is 2. The average Bonchev–Trinajstić information content (AvgIpc) is 3.55. The Balaban J connectivity index is 0.00000341. The molecule has 1 saturated carbocycles. The van der Waals surface area contributed by atoms with Crippen molar-refractivity contribution in [2.24, 2.45) is 10.9 Å². The average molecular weight is 540 g/mol. The van der Waals surface area contributed by atoms with Crippen LogP contribution in [0.25, 0.3) is 0 Å². The Morgan fingerprint density at radius 3 is 2.42 bits per heavy atom. The van der Waals surface area contributed by atoms with Gasteiger partial charge in [0.2, 0.25) is 0 Å². The molecule has 5 nitrogen and oxygen atoms in total. The lowest BCUT2D eigenvalue weighted by Gasteiger charge is -2.19. The van der Waals surface area contributed by atoms with Crippen molar-refractivity contribution in [3.05, 3.63) is 65.0 Å². The number of nitrogens with zero attached hydrogens (tertiary/aromatic N) is 2. The molecule has 2 N–H and O–H groups in total. The Kier molecular flexibility index (Phi) is 10.0. The smallest absolute Gasteiger partial charge is 0.191 e. The number of rotatable bonds is 9. The fraction of sp³-hybridized carbons (Fsp3) is 0.458. The van der Waals surface area contributed by atoms with Crippen LogP contribution in [0, 0.1) is 11.7 Å². The van der Waals surface area contributed by atoms with E-state index >= 15 is 0 Å². The Labute approximate surface area is 202 Å². The second kappa shape index (κ2) is 12.2. The SMILES string of the molecule is CN=C(NCc1ccc(CN(C)C)cc1)NC(C)c1ccc(OCC2CC2)c(F)c1.I. The molecular weight excluding hydrogens is 506 g/mol. The molecule has 31 heavy (non-hydrogen) atoms. The van der Waals surface area contributed by atoms with E-state index in [-0.39, 0.29) is 35.8 Å². The van der Waals surface area contributed by atoms with Crippen molar-refractivity contribution in [2.75, 3.05) is 27.7 Å². The number of ether oxygens (including phenoxy) is 1. The lowest BCUT2D eigenvalue weighted by molar-refractivity contribution is 0.285. The van der Waals surface area contributed by atoms with Crippen LogP contribution in [0.5, 0.6) is 5.75 Å². The number of halogens is 2. The van der Waals surface area contributed by atoms with Gasteiger partial charge in [-0.1, -0.05) is 30.3 Å². The molecule has 0 bridgehead atoms. The van der Waals surface area contributed by atoms with Gasteiger partial charge in [-0.05, 0) is 68.6 Å². The van der Waals surface area contributed by atoms with Crippen LogP contribution in [-0.4, -0.2) is 38.6 Å². The first-order valence-electron chi connectivity index (χ1n) is 10.6. The first-order valence-corrected chi connectivity index (χ1v) is 10.6. The zero-order chi connectivity index (χ0) is 21.5. The van der Waals surface area contributed by atoms with Gasteiger partial charge >= 0.3 is 0 Å². The van der Waals surface area contributed by atoms with Crippen molar-refractivity contribution in [3.8, 4) is 5.75 Å². The van der Waals surface area contributed by atoms with Gasteiger partial charge in [-0.3, -0.25) is 4.99 Å². The Morgan fingerprint density at radius 1 is 1.16 bits per heavy atom. The van der Waals surface area contributed by atoms with Crippen LogP contribution in [0.2, 0.25) is 0 Å². The zero-order valence-corrected chi connectivity index (χ0v) is 21.2. The highest BCUT2D eigenvalue weighted by Crippen LogP contribution is 2.30. The molecule has 0 aliphatic heterocycles. The van der Waals surface area contributed by atoms with Gasteiger partial charge in [0.15, 0.2) is 17.5 Å². The number of nitrogens with one attached hydrogen (secondary N) is 2. The maximum absolute atomic E-state index is 14.4. The Hall–Kier alpha value is -1.87. The molecule has 0 spiro atoms. The molecule has 1 unspecified atom stereocenters. The lowest BCUT2D eigenvalue weighted by atomic mass is 10.1. The van der Waals surface area contributed by atoms with Crippen LogP contribution in [-0.2, 0) is 13.1 Å². The summed E-state index contributed by atoms with van der Waals surface area (Å²) in [5, 5.41) is 6.64. The molecule has 0 aromatic heterocycles. The quantitative estimate of drug-likeness (QED) is 0.275. The molecule has 2 aromatic rings. The molecular formula is C24H34FIN4O. The van der Waals surface area contributed by atoms with Gasteiger partial charge in [0.25, 0.3) is 0 Å². The maximum Gasteiger partial charge on any atom is 0.191 e. The van der Waals surface area contributed by atoms with Crippen LogP contribution < -0.4 is 15.4 Å². The standard InChI is InChI=1S/C24H33FN4O.HI/c1-17(21-11-12-23(22(25)13-21)30-16-20-9-10-20)28-24(26-2)27-14-18-5-7-19(8-6-18)15-29(3)4;/h5-8,11-13,17,20H,9-10,14-16H2,1-4H3,(H2,26,27,28);1H. The number of aliphatic imine (C=N–C) groups is 1. The zero-order valence-electron chi connectivity index (χ0n) is 18.8. The van der Waals surface area contributed by atoms with Gasteiger partial charge in [-0.25, -0.2) is 4.39 Å². The second-order valence-corrected chi connectivity index (χ2v) is 8.29. The van der Waals surface area contributed by atoms with Gasteiger partial charge < -0.3 is 20.3 Å². The molecule has 1 fully saturated rings. The summed E-state index contributed by atoms with van der Waals surface area (Å²) in [6.45, 7) is 4.19. The van der Waals surface area contributed by atoms with Crippen LogP contribution in [0.1, 0.15) is 42.5 Å². The van der Waals surface area contributed by atoms with Crippen molar-refractivity contribution >= 4 is 29.9 Å². The van der Waals surface area contributed by atoms with Gasteiger partial charge in [-0.15, -0.1) is 24.0 Å². The first kappa shape index (κ1) is 25.4. The summed E-state index contributed by atoms with van der Waals surface area (Å²) < 4.78 is 20.0. The highest BCUT2D eigenvalue weighted by atomic mass is 127. The topological polar surface area (TPSA) is 48.9 Å². The van der Waals surface area contributed by atoms with Gasteiger partial charge in [0.1, 0.15) is 0 Å². The molecule has 1 aliphatic carbocycles. The maximum atomic E-state index is 14.4. The van der Waals surface area contributed by atoms with E-state index in [1.807, 2.05) is 13.0 Å². The highest BCUT2D eigenvalue weighted by Gasteiger charge is 2.22. The Bertz CT molecular complexity index is 853. The van der Waals surface area contributed by atoms with Crippen LogP contribution in [0.4, 0.5) is 4.39 Å². The normalized spacial score (nSPS) is 14.7. The molecule has 170 valence electrons. The number of hydrogen-bond acceptors (Lipinski definition) is 3. The molecule has 2 aromatic carbocycles. The first-order chi connectivity index (χ1) is 14.4. The summed E-state index contributed by atoms with van der Waals surface area (Å²) in [5.41, 5.74) is 3.31. The molecule has 7 heteroatoms. The van der Waals surface area contributed by atoms with E-state index in [0.29, 0.717) is 30.8 Å². The molecule has 0 heterocycles. The summed E-state index contributed by atoms with van der Waals surface area (Å²) in [6, 6.07) is 13.6. The molecule has 0 saturated heterocycles. The van der Waals surface area contributed by atoms with Gasteiger partial charge in [0, 0.05) is 20.1 Å². The van der Waals surface area contributed by atoms with Crippen molar-refractivity contribution in [1.82, 2.24) is 15.5 Å². The Morgan fingerprint density at radius 2 is 1.84 bits per heavy atom. The fourth-order valence-electron chi connectivity index (χ4n) is 3.19. The van der Waals surface area contributed by atoms with Crippen molar-refractivity contribution in [1.29, 1.82) is 0 Å². The van der Waals surface area contributed by atoms with E-state index in [0.717, 1.165) is 12.1 Å². The van der Waals surface area contributed by atoms with E-state index < -0.39 is 0 Å². The van der Waals surface area contributed by atoms with E-state index in [1.54, 1.807) is 13.1 Å². The second-order valence-electron chi connectivity index (χ2n) is 8.29. The summed E-state index contributed by atoms with van der Waals surface area (Å²) >= 11 is 0. The minimum Gasteiger partial charge on any atom is -0.490 e. The minimum atomic E-state index is -0.317. The molecule has 1 atom stereocenters. The van der Waals surface area contributed by atoms with Gasteiger partial charge in [0.05, 0.1) is 12.6 Å². The van der Waals surface area contributed by atoms with E-state index in [1.165, 1.54) is 30.0 Å².